The van der Waals surface area contributed by atoms with Gasteiger partial charge in [0.1, 0.15) is 11.5 Å². The Morgan fingerprint density at radius 1 is 1.27 bits per heavy atom. The molecule has 3 rings (SSSR count). The topological polar surface area (TPSA) is 37.6 Å². The first kappa shape index (κ1) is 18.5. The average Bonchev–Trinajstić information content (AvgIpc) is 3.20. The molecule has 0 aliphatic heterocycles. The molecule has 1 atom stereocenters. The molecule has 4 nitrogen and oxygen atoms in total. The van der Waals surface area contributed by atoms with Crippen LogP contribution in [0.2, 0.25) is 0 Å². The number of thiocarbonyl (C=S) groups is 1. The van der Waals surface area contributed by atoms with E-state index in [9.17, 15) is 0 Å². The lowest BCUT2D eigenvalue weighted by atomic mass is 9.94. The fraction of sp³-hybridized carbons (Fsp3) is 0.381. The van der Waals surface area contributed by atoms with Gasteiger partial charge in [0, 0.05) is 13.1 Å². The molecule has 0 saturated heterocycles. The Morgan fingerprint density at radius 2 is 2.12 bits per heavy atom. The monoisotopic (exact) mass is 370 g/mol. The van der Waals surface area contributed by atoms with Crippen LogP contribution in [-0.4, -0.2) is 23.7 Å². The normalized spacial score (nSPS) is 16.3. The highest BCUT2D eigenvalue weighted by molar-refractivity contribution is 7.80. The molecule has 0 fully saturated rings. The number of rotatable bonds is 7. The maximum absolute atomic E-state index is 5.70. The molecule has 1 aromatic heterocycles. The van der Waals surface area contributed by atoms with Gasteiger partial charge in [-0.3, -0.25) is 0 Å². The van der Waals surface area contributed by atoms with E-state index in [1.807, 2.05) is 24.3 Å². The van der Waals surface area contributed by atoms with E-state index < -0.39 is 0 Å². The first-order valence-electron chi connectivity index (χ1n) is 9.07. The Balaban J connectivity index is 1.64. The maximum atomic E-state index is 5.70. The number of hydrogen-bond donors (Lipinski definition) is 1. The highest BCUT2D eigenvalue weighted by Gasteiger charge is 2.18. The quantitative estimate of drug-likeness (QED) is 0.573. The van der Waals surface area contributed by atoms with Crippen LogP contribution in [0.25, 0.3) is 0 Å². The number of nitrogens with zero attached hydrogens (tertiary/aromatic N) is 1. The van der Waals surface area contributed by atoms with Gasteiger partial charge in [0.15, 0.2) is 5.11 Å². The SMILES string of the molecule is COc1ccc(CN(C[C@H]2CC=CCC2)C(=S)NCc2ccco2)cc1. The Bertz CT molecular complexity index is 710. The molecule has 1 N–H and O–H groups in total. The number of benzene rings is 1. The minimum absolute atomic E-state index is 0.607. The van der Waals surface area contributed by atoms with E-state index in [1.54, 1.807) is 13.4 Å². The standard InChI is InChI=1S/C21H26N2O2S/c1-24-19-11-9-18(10-12-19)16-23(15-17-6-3-2-4-7-17)21(26)22-14-20-8-5-13-25-20/h2-3,5,8-13,17H,4,6-7,14-16H2,1H3,(H,22,26)/t17-/m0/s1. The van der Waals surface area contributed by atoms with Crippen LogP contribution < -0.4 is 10.1 Å². The summed E-state index contributed by atoms with van der Waals surface area (Å²) in [6.45, 7) is 2.35. The molecule has 0 saturated carbocycles. The second kappa shape index (κ2) is 9.43. The summed E-state index contributed by atoms with van der Waals surface area (Å²) in [4.78, 5) is 2.27. The molecule has 0 radical (unpaired) electrons. The van der Waals surface area contributed by atoms with Crippen molar-refractivity contribution in [2.75, 3.05) is 13.7 Å². The number of ether oxygens (including phenoxy) is 1. The van der Waals surface area contributed by atoms with Gasteiger partial charge >= 0.3 is 0 Å². The molecule has 5 heteroatoms. The van der Waals surface area contributed by atoms with E-state index in [1.165, 1.54) is 12.0 Å². The second-order valence-electron chi connectivity index (χ2n) is 6.62. The maximum Gasteiger partial charge on any atom is 0.169 e. The third-order valence-electron chi connectivity index (χ3n) is 4.67. The zero-order valence-corrected chi connectivity index (χ0v) is 16.0. The Hall–Kier alpha value is -2.27. The molecule has 0 bridgehead atoms. The lowest BCUT2D eigenvalue weighted by Crippen LogP contribution is -2.41. The van der Waals surface area contributed by atoms with Crippen molar-refractivity contribution in [2.45, 2.75) is 32.4 Å². The van der Waals surface area contributed by atoms with Gasteiger partial charge in [-0.15, -0.1) is 0 Å². The van der Waals surface area contributed by atoms with E-state index in [4.69, 9.17) is 21.4 Å². The minimum Gasteiger partial charge on any atom is -0.497 e. The number of methoxy groups -OCH3 is 1. The fourth-order valence-corrected chi connectivity index (χ4v) is 3.40. The van der Waals surface area contributed by atoms with Gasteiger partial charge in [0.05, 0.1) is 19.9 Å². The van der Waals surface area contributed by atoms with Crippen molar-refractivity contribution in [3.63, 3.8) is 0 Å². The molecular weight excluding hydrogens is 344 g/mol. The zero-order chi connectivity index (χ0) is 18.2. The van der Waals surface area contributed by atoms with Crippen molar-refractivity contribution in [1.29, 1.82) is 0 Å². The van der Waals surface area contributed by atoms with Gasteiger partial charge in [-0.2, -0.15) is 0 Å². The number of hydrogen-bond acceptors (Lipinski definition) is 3. The smallest absolute Gasteiger partial charge is 0.169 e. The van der Waals surface area contributed by atoms with Crippen LogP contribution in [0, 0.1) is 5.92 Å². The molecule has 26 heavy (non-hydrogen) atoms. The summed E-state index contributed by atoms with van der Waals surface area (Å²) in [7, 11) is 1.69. The number of nitrogens with one attached hydrogen (secondary N) is 1. The molecule has 1 heterocycles. The average molecular weight is 371 g/mol. The predicted molar refractivity (Wildman–Crippen MR) is 108 cm³/mol. The third-order valence-corrected chi connectivity index (χ3v) is 5.07. The summed E-state index contributed by atoms with van der Waals surface area (Å²) in [5.41, 5.74) is 1.22. The fourth-order valence-electron chi connectivity index (χ4n) is 3.19. The second-order valence-corrected chi connectivity index (χ2v) is 7.00. The van der Waals surface area contributed by atoms with Crippen LogP contribution in [-0.2, 0) is 13.1 Å². The van der Waals surface area contributed by atoms with Gasteiger partial charge < -0.3 is 19.4 Å². The Morgan fingerprint density at radius 3 is 2.77 bits per heavy atom. The van der Waals surface area contributed by atoms with Crippen molar-refractivity contribution >= 4 is 17.3 Å². The largest absolute Gasteiger partial charge is 0.497 e. The van der Waals surface area contributed by atoms with Gasteiger partial charge in [-0.1, -0.05) is 24.3 Å². The molecule has 2 aromatic rings. The summed E-state index contributed by atoms with van der Waals surface area (Å²) in [5, 5.41) is 4.11. The molecular formula is C21H26N2O2S. The van der Waals surface area contributed by atoms with Crippen LogP contribution >= 0.6 is 12.2 Å². The van der Waals surface area contributed by atoms with Gasteiger partial charge in [0.25, 0.3) is 0 Å². The Labute approximate surface area is 160 Å². The van der Waals surface area contributed by atoms with Crippen LogP contribution in [0.1, 0.15) is 30.6 Å². The van der Waals surface area contributed by atoms with Gasteiger partial charge in [-0.25, -0.2) is 0 Å². The summed E-state index contributed by atoms with van der Waals surface area (Å²) in [5.74, 6) is 2.40. The zero-order valence-electron chi connectivity index (χ0n) is 15.2. The van der Waals surface area contributed by atoms with Gasteiger partial charge in [0.2, 0.25) is 0 Å². The van der Waals surface area contributed by atoms with Crippen LogP contribution in [0.4, 0.5) is 0 Å². The van der Waals surface area contributed by atoms with E-state index >= 15 is 0 Å². The van der Waals surface area contributed by atoms with E-state index in [-0.39, 0.29) is 0 Å². The van der Waals surface area contributed by atoms with Crippen molar-refractivity contribution in [1.82, 2.24) is 10.2 Å². The van der Waals surface area contributed by atoms with E-state index in [0.29, 0.717) is 12.5 Å². The highest BCUT2D eigenvalue weighted by Crippen LogP contribution is 2.21. The van der Waals surface area contributed by atoms with Crippen LogP contribution in [0.5, 0.6) is 5.75 Å². The molecule has 0 spiro atoms. The van der Waals surface area contributed by atoms with E-state index in [2.05, 4.69) is 34.5 Å². The van der Waals surface area contributed by atoms with E-state index in [0.717, 1.165) is 42.6 Å². The predicted octanol–water partition coefficient (Wildman–Crippen LogP) is 4.52. The summed E-state index contributed by atoms with van der Waals surface area (Å²) >= 11 is 5.70. The van der Waals surface area contributed by atoms with Gasteiger partial charge in [-0.05, 0) is 67.2 Å². The number of furan rings is 1. The lowest BCUT2D eigenvalue weighted by Gasteiger charge is -2.30. The molecule has 0 unspecified atom stereocenters. The molecule has 1 aliphatic carbocycles. The molecule has 1 aromatic carbocycles. The molecule has 1 aliphatic rings. The Kier molecular flexibility index (Phi) is 6.72. The minimum atomic E-state index is 0.607. The summed E-state index contributed by atoms with van der Waals surface area (Å²) < 4.78 is 10.6. The summed E-state index contributed by atoms with van der Waals surface area (Å²) in [6.07, 6.45) is 9.75. The van der Waals surface area contributed by atoms with Crippen molar-refractivity contribution in [2.24, 2.45) is 5.92 Å². The highest BCUT2D eigenvalue weighted by atomic mass is 32.1. The van der Waals surface area contributed by atoms with Crippen LogP contribution in [0.3, 0.4) is 0 Å². The first-order chi connectivity index (χ1) is 12.7. The first-order valence-corrected chi connectivity index (χ1v) is 9.48. The lowest BCUT2D eigenvalue weighted by molar-refractivity contribution is 0.311. The third kappa shape index (κ3) is 5.36. The van der Waals surface area contributed by atoms with Crippen molar-refractivity contribution in [3.8, 4) is 5.75 Å². The van der Waals surface area contributed by atoms with Crippen molar-refractivity contribution < 1.29 is 9.15 Å². The molecule has 0 amide bonds. The summed E-state index contributed by atoms with van der Waals surface area (Å²) in [6, 6.07) is 12.0. The molecule has 138 valence electrons. The van der Waals surface area contributed by atoms with Crippen molar-refractivity contribution in [3.05, 3.63) is 66.1 Å². The number of allylic oxidation sites excluding steroid dienone is 2. The van der Waals surface area contributed by atoms with Crippen LogP contribution in [0.15, 0.2) is 59.2 Å².